The van der Waals surface area contributed by atoms with E-state index in [1.165, 1.54) is 0 Å². The second kappa shape index (κ2) is 5.17. The van der Waals surface area contributed by atoms with E-state index in [1.807, 2.05) is 45.2 Å². The molecule has 0 radical (unpaired) electrons. The Hall–Kier alpha value is -1.02. The lowest BCUT2D eigenvalue weighted by Gasteiger charge is -2.19. The van der Waals surface area contributed by atoms with Crippen LogP contribution in [-0.2, 0) is 11.3 Å². The number of amides is 1. The van der Waals surface area contributed by atoms with Gasteiger partial charge < -0.3 is 4.90 Å². The molecule has 0 fully saturated rings. The number of benzene rings is 1. The van der Waals surface area contributed by atoms with Crippen LogP contribution in [0.3, 0.4) is 0 Å². The molecule has 0 saturated heterocycles. The number of halogens is 1. The van der Waals surface area contributed by atoms with Crippen LogP contribution in [0.15, 0.2) is 24.3 Å². The fourth-order valence-electron chi connectivity index (χ4n) is 1.43. The summed E-state index contributed by atoms with van der Waals surface area (Å²) in [6, 6.07) is 7.57. The SMILES string of the molecule is CC(C)C(=O)N(C)Cc1cccc(Cl)c1. The summed E-state index contributed by atoms with van der Waals surface area (Å²) >= 11 is 5.87. The van der Waals surface area contributed by atoms with E-state index >= 15 is 0 Å². The molecule has 3 heteroatoms. The lowest BCUT2D eigenvalue weighted by Crippen LogP contribution is -2.29. The van der Waals surface area contributed by atoms with E-state index in [2.05, 4.69) is 0 Å². The Balaban J connectivity index is 2.66. The quantitative estimate of drug-likeness (QED) is 0.775. The minimum atomic E-state index is 0.0363. The van der Waals surface area contributed by atoms with Gasteiger partial charge in [-0.3, -0.25) is 4.79 Å². The molecule has 2 nitrogen and oxygen atoms in total. The molecule has 0 atom stereocenters. The van der Waals surface area contributed by atoms with E-state index in [1.54, 1.807) is 4.90 Å². The summed E-state index contributed by atoms with van der Waals surface area (Å²) < 4.78 is 0. The molecule has 0 aliphatic heterocycles. The minimum Gasteiger partial charge on any atom is -0.341 e. The molecule has 1 aromatic rings. The monoisotopic (exact) mass is 225 g/mol. The minimum absolute atomic E-state index is 0.0363. The van der Waals surface area contributed by atoms with Gasteiger partial charge in [-0.05, 0) is 17.7 Å². The third kappa shape index (κ3) is 3.56. The van der Waals surface area contributed by atoms with Crippen molar-refractivity contribution in [1.29, 1.82) is 0 Å². The van der Waals surface area contributed by atoms with Crippen molar-refractivity contribution >= 4 is 17.5 Å². The molecule has 0 unspecified atom stereocenters. The Morgan fingerprint density at radius 3 is 2.67 bits per heavy atom. The maximum atomic E-state index is 11.6. The van der Waals surface area contributed by atoms with Crippen molar-refractivity contribution in [2.45, 2.75) is 20.4 Å². The van der Waals surface area contributed by atoms with Crippen LogP contribution in [0, 0.1) is 5.92 Å². The molecule has 0 aliphatic rings. The van der Waals surface area contributed by atoms with Gasteiger partial charge in [-0.25, -0.2) is 0 Å². The Morgan fingerprint density at radius 1 is 1.47 bits per heavy atom. The average Bonchev–Trinajstić information content (AvgIpc) is 2.16. The van der Waals surface area contributed by atoms with Gasteiger partial charge in [0.05, 0.1) is 0 Å². The third-order valence-electron chi connectivity index (χ3n) is 2.18. The van der Waals surface area contributed by atoms with Crippen LogP contribution in [0.5, 0.6) is 0 Å². The van der Waals surface area contributed by atoms with Crippen LogP contribution in [0.1, 0.15) is 19.4 Å². The summed E-state index contributed by atoms with van der Waals surface area (Å²) in [5.41, 5.74) is 1.05. The third-order valence-corrected chi connectivity index (χ3v) is 2.41. The molecule has 0 spiro atoms. The van der Waals surface area contributed by atoms with Crippen LogP contribution in [0.2, 0.25) is 5.02 Å². The van der Waals surface area contributed by atoms with E-state index in [4.69, 9.17) is 11.6 Å². The van der Waals surface area contributed by atoms with Crippen LogP contribution in [0.4, 0.5) is 0 Å². The zero-order chi connectivity index (χ0) is 11.4. The smallest absolute Gasteiger partial charge is 0.225 e. The molecule has 0 saturated carbocycles. The summed E-state index contributed by atoms with van der Waals surface area (Å²) in [7, 11) is 1.81. The standard InChI is InChI=1S/C12H16ClNO/c1-9(2)12(15)14(3)8-10-5-4-6-11(13)7-10/h4-7,9H,8H2,1-3H3. The van der Waals surface area contributed by atoms with Crippen molar-refractivity contribution in [3.63, 3.8) is 0 Å². The van der Waals surface area contributed by atoms with Crippen LogP contribution >= 0.6 is 11.6 Å². The first-order valence-electron chi connectivity index (χ1n) is 5.00. The molecule has 0 N–H and O–H groups in total. The molecule has 1 rings (SSSR count). The molecule has 0 bridgehead atoms. The Kier molecular flexibility index (Phi) is 4.15. The second-order valence-electron chi connectivity index (χ2n) is 3.98. The molecule has 82 valence electrons. The van der Waals surface area contributed by atoms with Crippen LogP contribution < -0.4 is 0 Å². The zero-order valence-electron chi connectivity index (χ0n) is 9.33. The summed E-state index contributed by atoms with van der Waals surface area (Å²) in [6.07, 6.45) is 0. The molecule has 1 aromatic carbocycles. The van der Waals surface area contributed by atoms with E-state index in [0.29, 0.717) is 11.6 Å². The topological polar surface area (TPSA) is 20.3 Å². The number of rotatable bonds is 3. The number of carbonyl (C=O) groups is 1. The highest BCUT2D eigenvalue weighted by Gasteiger charge is 2.12. The van der Waals surface area contributed by atoms with Gasteiger partial charge in [0.1, 0.15) is 0 Å². The molecule has 0 aromatic heterocycles. The van der Waals surface area contributed by atoms with Gasteiger partial charge in [-0.1, -0.05) is 37.6 Å². The van der Waals surface area contributed by atoms with Crippen LogP contribution in [0.25, 0.3) is 0 Å². The number of hydrogen-bond acceptors (Lipinski definition) is 1. The Morgan fingerprint density at radius 2 is 2.13 bits per heavy atom. The molecule has 1 amide bonds. The highest BCUT2D eigenvalue weighted by Crippen LogP contribution is 2.13. The van der Waals surface area contributed by atoms with Gasteiger partial charge in [0.2, 0.25) is 5.91 Å². The maximum absolute atomic E-state index is 11.6. The van der Waals surface area contributed by atoms with Crippen molar-refractivity contribution < 1.29 is 4.79 Å². The predicted octanol–water partition coefficient (Wildman–Crippen LogP) is 2.95. The normalized spacial score (nSPS) is 10.5. The van der Waals surface area contributed by atoms with Crippen LogP contribution in [-0.4, -0.2) is 17.9 Å². The van der Waals surface area contributed by atoms with E-state index in [9.17, 15) is 4.79 Å². The van der Waals surface area contributed by atoms with Crippen molar-refractivity contribution in [1.82, 2.24) is 4.90 Å². The molecule has 0 heterocycles. The lowest BCUT2D eigenvalue weighted by molar-refractivity contribution is -0.133. The van der Waals surface area contributed by atoms with Crippen molar-refractivity contribution in [2.24, 2.45) is 5.92 Å². The first kappa shape index (κ1) is 12.1. The fourth-order valence-corrected chi connectivity index (χ4v) is 1.64. The first-order valence-corrected chi connectivity index (χ1v) is 5.38. The van der Waals surface area contributed by atoms with E-state index in [0.717, 1.165) is 5.56 Å². The molecule has 15 heavy (non-hydrogen) atoms. The average molecular weight is 226 g/mol. The van der Waals surface area contributed by atoms with Gasteiger partial charge in [-0.2, -0.15) is 0 Å². The van der Waals surface area contributed by atoms with Crippen molar-refractivity contribution in [2.75, 3.05) is 7.05 Å². The van der Waals surface area contributed by atoms with Gasteiger partial charge >= 0.3 is 0 Å². The number of hydrogen-bond donors (Lipinski definition) is 0. The van der Waals surface area contributed by atoms with E-state index in [-0.39, 0.29) is 11.8 Å². The molecular weight excluding hydrogens is 210 g/mol. The molecular formula is C12H16ClNO. The second-order valence-corrected chi connectivity index (χ2v) is 4.42. The molecule has 0 aliphatic carbocycles. The van der Waals surface area contributed by atoms with Gasteiger partial charge in [0.15, 0.2) is 0 Å². The van der Waals surface area contributed by atoms with Gasteiger partial charge in [0.25, 0.3) is 0 Å². The first-order chi connectivity index (χ1) is 7.00. The summed E-state index contributed by atoms with van der Waals surface area (Å²) in [6.45, 7) is 4.41. The Bertz CT molecular complexity index is 349. The van der Waals surface area contributed by atoms with Gasteiger partial charge in [-0.15, -0.1) is 0 Å². The summed E-state index contributed by atoms with van der Waals surface area (Å²) in [5.74, 6) is 0.184. The predicted molar refractivity (Wildman–Crippen MR) is 62.8 cm³/mol. The lowest BCUT2D eigenvalue weighted by atomic mass is 10.1. The van der Waals surface area contributed by atoms with E-state index < -0.39 is 0 Å². The summed E-state index contributed by atoms with van der Waals surface area (Å²) in [4.78, 5) is 13.3. The summed E-state index contributed by atoms with van der Waals surface area (Å²) in [5, 5.41) is 0.706. The maximum Gasteiger partial charge on any atom is 0.225 e. The van der Waals surface area contributed by atoms with Gasteiger partial charge in [0, 0.05) is 24.5 Å². The van der Waals surface area contributed by atoms with Crippen molar-refractivity contribution in [3.05, 3.63) is 34.9 Å². The highest BCUT2D eigenvalue weighted by atomic mass is 35.5. The van der Waals surface area contributed by atoms with Crippen molar-refractivity contribution in [3.8, 4) is 0 Å². The highest BCUT2D eigenvalue weighted by molar-refractivity contribution is 6.30. The Labute approximate surface area is 95.8 Å². The fraction of sp³-hybridized carbons (Fsp3) is 0.417. The zero-order valence-corrected chi connectivity index (χ0v) is 10.1. The largest absolute Gasteiger partial charge is 0.341 e. The number of carbonyl (C=O) groups excluding carboxylic acids is 1. The number of nitrogens with zero attached hydrogens (tertiary/aromatic N) is 1.